The van der Waals surface area contributed by atoms with Gasteiger partial charge in [-0.3, -0.25) is 0 Å². The molecule has 0 spiro atoms. The number of carboxylic acids is 1. The second-order valence-corrected chi connectivity index (χ2v) is 6.70. The molecule has 0 aliphatic rings. The number of ether oxygens (including phenoxy) is 1. The first kappa shape index (κ1) is 18.7. The third kappa shape index (κ3) is 8.19. The smallest absolute Gasteiger partial charge is 0.408 e. The van der Waals surface area contributed by atoms with Crippen molar-refractivity contribution in [3.8, 4) is 0 Å². The van der Waals surface area contributed by atoms with Gasteiger partial charge in [0.1, 0.15) is 12.6 Å². The van der Waals surface area contributed by atoms with E-state index in [0.717, 1.165) is 17.1 Å². The van der Waals surface area contributed by atoms with Gasteiger partial charge < -0.3 is 15.2 Å². The topological polar surface area (TPSA) is 75.6 Å². The highest BCUT2D eigenvalue weighted by molar-refractivity contribution is 8.02. The largest absolute Gasteiger partial charge is 0.480 e. The summed E-state index contributed by atoms with van der Waals surface area (Å²) in [4.78, 5) is 22.8. The van der Waals surface area contributed by atoms with Gasteiger partial charge in [0.05, 0.1) is 0 Å². The molecule has 122 valence electrons. The zero-order valence-electron chi connectivity index (χ0n) is 12.5. The van der Waals surface area contributed by atoms with Gasteiger partial charge in [-0.2, -0.15) is 23.5 Å². The lowest BCUT2D eigenvalue weighted by atomic mass is 10.2. The Bertz CT molecular complexity index is 456. The number of carboxylic acid groups (broad SMARTS) is 1. The lowest BCUT2D eigenvalue weighted by molar-refractivity contribution is -0.139. The summed E-state index contributed by atoms with van der Waals surface area (Å²) >= 11 is 3.44. The second-order valence-electron chi connectivity index (χ2n) is 4.49. The Morgan fingerprint density at radius 3 is 2.59 bits per heavy atom. The minimum Gasteiger partial charge on any atom is -0.480 e. The van der Waals surface area contributed by atoms with Crippen molar-refractivity contribution in [2.75, 3.05) is 23.5 Å². The van der Waals surface area contributed by atoms with Crippen LogP contribution >= 0.6 is 23.5 Å². The van der Waals surface area contributed by atoms with Crippen molar-refractivity contribution in [1.82, 2.24) is 5.32 Å². The molecule has 0 bridgehead atoms. The Balaban J connectivity index is 2.29. The summed E-state index contributed by atoms with van der Waals surface area (Å²) in [7, 11) is 0. The van der Waals surface area contributed by atoms with E-state index in [9.17, 15) is 9.59 Å². The normalized spacial score (nSPS) is 11.7. The van der Waals surface area contributed by atoms with Crippen molar-refractivity contribution >= 4 is 35.6 Å². The number of hydrogen-bond donors (Lipinski definition) is 2. The van der Waals surface area contributed by atoms with E-state index in [1.807, 2.05) is 36.6 Å². The quantitative estimate of drug-likeness (QED) is 0.636. The maximum Gasteiger partial charge on any atom is 0.408 e. The van der Waals surface area contributed by atoms with Crippen LogP contribution in [0.25, 0.3) is 0 Å². The first-order valence-corrected chi connectivity index (χ1v) is 9.45. The Morgan fingerprint density at radius 1 is 1.23 bits per heavy atom. The number of carbonyl (C=O) groups is 2. The number of aliphatic carboxylic acids is 1. The average molecular weight is 343 g/mol. The molecule has 1 atom stereocenters. The summed E-state index contributed by atoms with van der Waals surface area (Å²) in [6, 6.07) is 8.34. The van der Waals surface area contributed by atoms with Crippen molar-refractivity contribution in [2.24, 2.45) is 0 Å². The van der Waals surface area contributed by atoms with Crippen LogP contribution in [-0.2, 0) is 16.1 Å². The van der Waals surface area contributed by atoms with Gasteiger partial charge in [0, 0.05) is 11.5 Å². The van der Waals surface area contributed by atoms with E-state index >= 15 is 0 Å². The predicted octanol–water partition coefficient (Wildman–Crippen LogP) is 2.85. The number of benzene rings is 1. The summed E-state index contributed by atoms with van der Waals surface area (Å²) in [5.74, 6) is 1.67. The number of alkyl carbamates (subject to hydrolysis) is 1. The molecule has 0 aliphatic carbocycles. The SMILES string of the molecule is CSCCSCCC(NC(=O)OCc1ccccc1)C(=O)O. The summed E-state index contributed by atoms with van der Waals surface area (Å²) in [5.41, 5.74) is 0.858. The molecule has 0 fully saturated rings. The van der Waals surface area contributed by atoms with Crippen LogP contribution in [0.15, 0.2) is 30.3 Å². The fourth-order valence-corrected chi connectivity index (χ4v) is 3.35. The Morgan fingerprint density at radius 2 is 1.95 bits per heavy atom. The van der Waals surface area contributed by atoms with E-state index in [4.69, 9.17) is 9.84 Å². The molecule has 1 rings (SSSR count). The number of rotatable bonds is 10. The van der Waals surface area contributed by atoms with Crippen molar-refractivity contribution in [3.63, 3.8) is 0 Å². The van der Waals surface area contributed by atoms with Crippen molar-refractivity contribution in [2.45, 2.75) is 19.1 Å². The van der Waals surface area contributed by atoms with Crippen molar-refractivity contribution in [3.05, 3.63) is 35.9 Å². The van der Waals surface area contributed by atoms with Gasteiger partial charge in [-0.05, 0) is 24.0 Å². The average Bonchev–Trinajstić information content (AvgIpc) is 2.52. The molecular weight excluding hydrogens is 322 g/mol. The van der Waals surface area contributed by atoms with E-state index in [2.05, 4.69) is 5.32 Å². The molecule has 0 saturated heterocycles. The molecule has 1 aromatic rings. The summed E-state index contributed by atoms with van der Waals surface area (Å²) in [5, 5.41) is 11.5. The maximum absolute atomic E-state index is 11.7. The molecule has 1 aromatic carbocycles. The molecule has 7 heteroatoms. The molecule has 0 saturated carbocycles. The molecule has 5 nitrogen and oxygen atoms in total. The van der Waals surface area contributed by atoms with E-state index in [1.54, 1.807) is 23.5 Å². The molecule has 22 heavy (non-hydrogen) atoms. The van der Waals surface area contributed by atoms with Gasteiger partial charge in [0.25, 0.3) is 0 Å². The Hall–Kier alpha value is -1.34. The zero-order chi connectivity index (χ0) is 16.2. The highest BCUT2D eigenvalue weighted by Gasteiger charge is 2.20. The van der Waals surface area contributed by atoms with Crippen LogP contribution in [0.4, 0.5) is 4.79 Å². The van der Waals surface area contributed by atoms with E-state index in [0.29, 0.717) is 12.2 Å². The first-order chi connectivity index (χ1) is 10.6. The summed E-state index contributed by atoms with van der Waals surface area (Å²) in [6.07, 6.45) is 1.71. The number of nitrogens with one attached hydrogen (secondary N) is 1. The third-order valence-electron chi connectivity index (χ3n) is 2.79. The lowest BCUT2D eigenvalue weighted by Crippen LogP contribution is -2.41. The molecule has 2 N–H and O–H groups in total. The number of carbonyl (C=O) groups excluding carboxylic acids is 1. The minimum absolute atomic E-state index is 0.126. The van der Waals surface area contributed by atoms with Crippen LogP contribution in [0.5, 0.6) is 0 Å². The number of amides is 1. The van der Waals surface area contributed by atoms with Gasteiger partial charge in [0.15, 0.2) is 0 Å². The van der Waals surface area contributed by atoms with Crippen molar-refractivity contribution < 1.29 is 19.4 Å². The number of hydrogen-bond acceptors (Lipinski definition) is 5. The van der Waals surface area contributed by atoms with E-state index in [-0.39, 0.29) is 6.61 Å². The molecule has 1 unspecified atom stereocenters. The number of thioether (sulfide) groups is 2. The zero-order valence-corrected chi connectivity index (χ0v) is 14.1. The second kappa shape index (κ2) is 11.3. The lowest BCUT2D eigenvalue weighted by Gasteiger charge is -2.14. The monoisotopic (exact) mass is 343 g/mol. The Labute approximate surface area is 139 Å². The predicted molar refractivity (Wildman–Crippen MR) is 91.5 cm³/mol. The van der Waals surface area contributed by atoms with Gasteiger partial charge in [-0.15, -0.1) is 0 Å². The first-order valence-electron chi connectivity index (χ1n) is 6.90. The van der Waals surface area contributed by atoms with Crippen LogP contribution in [0.3, 0.4) is 0 Å². The Kier molecular flexibility index (Phi) is 9.57. The van der Waals surface area contributed by atoms with Crippen LogP contribution in [0.1, 0.15) is 12.0 Å². The maximum atomic E-state index is 11.7. The van der Waals surface area contributed by atoms with Gasteiger partial charge in [-0.25, -0.2) is 9.59 Å². The van der Waals surface area contributed by atoms with Crippen LogP contribution in [-0.4, -0.2) is 46.7 Å². The molecule has 0 aliphatic heterocycles. The van der Waals surface area contributed by atoms with Crippen LogP contribution < -0.4 is 5.32 Å². The molecule has 1 amide bonds. The van der Waals surface area contributed by atoms with E-state index in [1.165, 1.54) is 0 Å². The van der Waals surface area contributed by atoms with Gasteiger partial charge in [0.2, 0.25) is 0 Å². The molecule has 0 heterocycles. The third-order valence-corrected chi connectivity index (χ3v) is 4.67. The van der Waals surface area contributed by atoms with Crippen LogP contribution in [0.2, 0.25) is 0 Å². The van der Waals surface area contributed by atoms with Gasteiger partial charge in [-0.1, -0.05) is 30.3 Å². The highest BCUT2D eigenvalue weighted by atomic mass is 32.2. The van der Waals surface area contributed by atoms with Crippen molar-refractivity contribution in [1.29, 1.82) is 0 Å². The van der Waals surface area contributed by atoms with Crippen LogP contribution in [0, 0.1) is 0 Å². The van der Waals surface area contributed by atoms with E-state index < -0.39 is 18.1 Å². The summed E-state index contributed by atoms with van der Waals surface area (Å²) in [6.45, 7) is 0.126. The molecule has 0 radical (unpaired) electrons. The molecular formula is C15H21NO4S2. The fourth-order valence-electron chi connectivity index (χ4n) is 1.61. The minimum atomic E-state index is -1.04. The summed E-state index contributed by atoms with van der Waals surface area (Å²) < 4.78 is 5.03. The standard InChI is InChI=1S/C15H21NO4S2/c1-21-9-10-22-8-7-13(14(17)18)16-15(19)20-11-12-5-3-2-4-6-12/h2-6,13H,7-11H2,1H3,(H,16,19)(H,17,18). The highest BCUT2D eigenvalue weighted by Crippen LogP contribution is 2.08. The molecule has 0 aromatic heterocycles. The fraction of sp³-hybridized carbons (Fsp3) is 0.467. The van der Waals surface area contributed by atoms with Gasteiger partial charge >= 0.3 is 12.1 Å².